The number of hydrogen-bond acceptors (Lipinski definition) is 5. The van der Waals surface area contributed by atoms with Crippen molar-refractivity contribution in [3.05, 3.63) is 59.9 Å². The van der Waals surface area contributed by atoms with Gasteiger partial charge >= 0.3 is 5.97 Å². The van der Waals surface area contributed by atoms with Crippen molar-refractivity contribution in [1.82, 2.24) is 4.31 Å². The molecule has 1 fully saturated rings. The van der Waals surface area contributed by atoms with Gasteiger partial charge in [-0.05, 0) is 61.7 Å². The van der Waals surface area contributed by atoms with Gasteiger partial charge in [0.1, 0.15) is 18.2 Å². The molecule has 156 valence electrons. The number of esters is 1. The predicted molar refractivity (Wildman–Crippen MR) is 105 cm³/mol. The Balaban J connectivity index is 1.53. The number of piperidine rings is 1. The molecule has 6 nitrogen and oxygen atoms in total. The Morgan fingerprint density at radius 3 is 2.28 bits per heavy atom. The zero-order chi connectivity index (χ0) is 20.9. The lowest BCUT2D eigenvalue weighted by Gasteiger charge is -2.30. The van der Waals surface area contributed by atoms with E-state index < -0.39 is 10.0 Å². The number of hydrogen-bond donors (Lipinski definition) is 0. The third kappa shape index (κ3) is 5.33. The predicted octanol–water partition coefficient (Wildman–Crippen LogP) is 3.37. The van der Waals surface area contributed by atoms with Crippen molar-refractivity contribution in [2.45, 2.75) is 31.3 Å². The summed E-state index contributed by atoms with van der Waals surface area (Å²) in [5.74, 6) is -0.426. The summed E-state index contributed by atoms with van der Waals surface area (Å²) in [5, 5.41) is 0. The molecule has 0 amide bonds. The van der Waals surface area contributed by atoms with Crippen molar-refractivity contribution >= 4 is 16.0 Å². The molecule has 0 aliphatic carbocycles. The number of halogens is 1. The molecule has 1 aliphatic heterocycles. The van der Waals surface area contributed by atoms with Gasteiger partial charge in [0.25, 0.3) is 0 Å². The average Bonchev–Trinajstić information content (AvgIpc) is 2.74. The van der Waals surface area contributed by atoms with Gasteiger partial charge in [0.2, 0.25) is 10.0 Å². The SMILES string of the molecule is CCOc1ccc(S(=O)(=O)N2CCC(C(=O)OCc3ccc(F)cc3)CC2)cc1. The van der Waals surface area contributed by atoms with Crippen LogP contribution in [0, 0.1) is 11.7 Å². The Hall–Kier alpha value is -2.45. The van der Waals surface area contributed by atoms with Crippen LogP contribution in [0.2, 0.25) is 0 Å². The molecule has 1 saturated heterocycles. The van der Waals surface area contributed by atoms with E-state index in [1.807, 2.05) is 6.92 Å². The molecule has 0 radical (unpaired) electrons. The van der Waals surface area contributed by atoms with Crippen molar-refractivity contribution in [2.24, 2.45) is 5.92 Å². The highest BCUT2D eigenvalue weighted by Crippen LogP contribution is 2.26. The summed E-state index contributed by atoms with van der Waals surface area (Å²) < 4.78 is 50.6. The Kier molecular flexibility index (Phi) is 6.87. The maximum absolute atomic E-state index is 12.9. The van der Waals surface area contributed by atoms with Crippen LogP contribution in [0.25, 0.3) is 0 Å². The number of sulfonamides is 1. The van der Waals surface area contributed by atoms with Crippen molar-refractivity contribution < 1.29 is 27.1 Å². The fourth-order valence-corrected chi connectivity index (χ4v) is 4.68. The van der Waals surface area contributed by atoms with Gasteiger partial charge in [-0.15, -0.1) is 0 Å². The number of benzene rings is 2. The fraction of sp³-hybridized carbons (Fsp3) is 0.381. The fourth-order valence-electron chi connectivity index (χ4n) is 3.21. The lowest BCUT2D eigenvalue weighted by molar-refractivity contribution is -0.151. The normalized spacial score (nSPS) is 15.8. The number of carbonyl (C=O) groups is 1. The summed E-state index contributed by atoms with van der Waals surface area (Å²) in [7, 11) is -3.61. The van der Waals surface area contributed by atoms with E-state index in [0.29, 0.717) is 30.8 Å². The van der Waals surface area contributed by atoms with Crippen molar-refractivity contribution in [2.75, 3.05) is 19.7 Å². The molecule has 8 heteroatoms. The van der Waals surface area contributed by atoms with E-state index in [4.69, 9.17) is 9.47 Å². The number of nitrogens with zero attached hydrogens (tertiary/aromatic N) is 1. The molecular formula is C21H24FNO5S. The van der Waals surface area contributed by atoms with Crippen LogP contribution in [0.15, 0.2) is 53.4 Å². The Bertz CT molecular complexity index is 921. The van der Waals surface area contributed by atoms with E-state index in [-0.39, 0.29) is 42.3 Å². The van der Waals surface area contributed by atoms with Gasteiger partial charge < -0.3 is 9.47 Å². The van der Waals surface area contributed by atoms with Crippen LogP contribution < -0.4 is 4.74 Å². The molecule has 29 heavy (non-hydrogen) atoms. The van der Waals surface area contributed by atoms with Crippen LogP contribution in [0.3, 0.4) is 0 Å². The Morgan fingerprint density at radius 2 is 1.69 bits per heavy atom. The van der Waals surface area contributed by atoms with Crippen LogP contribution in [0.1, 0.15) is 25.3 Å². The number of rotatable bonds is 7. The summed E-state index contributed by atoms with van der Waals surface area (Å²) in [6, 6.07) is 12.1. The summed E-state index contributed by atoms with van der Waals surface area (Å²) in [6.07, 6.45) is 0.803. The maximum Gasteiger partial charge on any atom is 0.309 e. The second-order valence-corrected chi connectivity index (χ2v) is 8.75. The third-order valence-electron chi connectivity index (χ3n) is 4.85. The second-order valence-electron chi connectivity index (χ2n) is 6.82. The van der Waals surface area contributed by atoms with Gasteiger partial charge in [-0.3, -0.25) is 4.79 Å². The summed E-state index contributed by atoms with van der Waals surface area (Å²) in [5.41, 5.74) is 0.704. The quantitative estimate of drug-likeness (QED) is 0.641. The first-order chi connectivity index (χ1) is 13.9. The minimum atomic E-state index is -3.61. The lowest BCUT2D eigenvalue weighted by Crippen LogP contribution is -2.40. The highest BCUT2D eigenvalue weighted by atomic mass is 32.2. The Morgan fingerprint density at radius 1 is 1.07 bits per heavy atom. The zero-order valence-electron chi connectivity index (χ0n) is 16.2. The summed E-state index contributed by atoms with van der Waals surface area (Å²) in [6.45, 7) is 2.96. The molecule has 0 unspecified atom stereocenters. The molecule has 1 heterocycles. The molecule has 0 N–H and O–H groups in total. The second kappa shape index (κ2) is 9.37. The van der Waals surface area contributed by atoms with Crippen LogP contribution in [-0.2, 0) is 26.2 Å². The van der Waals surface area contributed by atoms with E-state index in [1.54, 1.807) is 24.3 Å². The molecular weight excluding hydrogens is 397 g/mol. The first kappa shape index (κ1) is 21.3. The first-order valence-corrected chi connectivity index (χ1v) is 11.0. The standard InChI is InChI=1S/C21H24FNO5S/c1-2-27-19-7-9-20(10-8-19)29(25,26)23-13-11-17(12-14-23)21(24)28-15-16-3-5-18(22)6-4-16/h3-10,17H,2,11-15H2,1H3. The van der Waals surface area contributed by atoms with E-state index in [0.717, 1.165) is 0 Å². The minimum absolute atomic E-state index is 0.0732. The van der Waals surface area contributed by atoms with E-state index in [1.165, 1.54) is 28.6 Å². The molecule has 3 rings (SSSR count). The Labute approximate surface area is 170 Å². The van der Waals surface area contributed by atoms with Gasteiger partial charge in [-0.1, -0.05) is 12.1 Å². The van der Waals surface area contributed by atoms with E-state index in [9.17, 15) is 17.6 Å². The van der Waals surface area contributed by atoms with Gasteiger partial charge in [-0.25, -0.2) is 12.8 Å². The van der Waals surface area contributed by atoms with E-state index >= 15 is 0 Å². The lowest BCUT2D eigenvalue weighted by atomic mass is 9.98. The molecule has 0 aromatic heterocycles. The molecule has 1 aliphatic rings. The van der Waals surface area contributed by atoms with Gasteiger partial charge in [0, 0.05) is 13.1 Å². The van der Waals surface area contributed by atoms with Gasteiger partial charge in [-0.2, -0.15) is 4.31 Å². The van der Waals surface area contributed by atoms with Crippen molar-refractivity contribution in [3.63, 3.8) is 0 Å². The smallest absolute Gasteiger partial charge is 0.309 e. The minimum Gasteiger partial charge on any atom is -0.494 e. The van der Waals surface area contributed by atoms with Crippen LogP contribution in [-0.4, -0.2) is 38.4 Å². The highest BCUT2D eigenvalue weighted by molar-refractivity contribution is 7.89. The topological polar surface area (TPSA) is 72.9 Å². The molecule has 0 atom stereocenters. The molecule has 0 spiro atoms. The summed E-state index contributed by atoms with van der Waals surface area (Å²) >= 11 is 0. The van der Waals surface area contributed by atoms with Gasteiger partial charge in [0.15, 0.2) is 0 Å². The molecule has 0 bridgehead atoms. The molecule has 2 aromatic carbocycles. The van der Waals surface area contributed by atoms with Crippen LogP contribution >= 0.6 is 0 Å². The summed E-state index contributed by atoms with van der Waals surface area (Å²) in [4.78, 5) is 12.5. The average molecular weight is 421 g/mol. The maximum atomic E-state index is 12.9. The number of ether oxygens (including phenoxy) is 2. The van der Waals surface area contributed by atoms with E-state index in [2.05, 4.69) is 0 Å². The van der Waals surface area contributed by atoms with Crippen LogP contribution in [0.4, 0.5) is 4.39 Å². The molecule has 2 aromatic rings. The van der Waals surface area contributed by atoms with Gasteiger partial charge in [0.05, 0.1) is 17.4 Å². The monoisotopic (exact) mass is 421 g/mol. The highest BCUT2D eigenvalue weighted by Gasteiger charge is 2.32. The third-order valence-corrected chi connectivity index (χ3v) is 6.77. The molecule has 0 saturated carbocycles. The van der Waals surface area contributed by atoms with Crippen molar-refractivity contribution in [1.29, 1.82) is 0 Å². The van der Waals surface area contributed by atoms with Crippen molar-refractivity contribution in [3.8, 4) is 5.75 Å². The largest absolute Gasteiger partial charge is 0.494 e. The number of carbonyl (C=O) groups excluding carboxylic acids is 1. The first-order valence-electron chi connectivity index (χ1n) is 9.54. The zero-order valence-corrected chi connectivity index (χ0v) is 17.0. The van der Waals surface area contributed by atoms with Crippen LogP contribution in [0.5, 0.6) is 5.75 Å².